The lowest BCUT2D eigenvalue weighted by Crippen LogP contribution is -2.67. The molecule has 0 spiro atoms. The third-order valence-corrected chi connectivity index (χ3v) is 7.61. The summed E-state index contributed by atoms with van der Waals surface area (Å²) in [4.78, 5) is 35.1. The van der Waals surface area contributed by atoms with Crippen LogP contribution in [0.2, 0.25) is 0 Å². The van der Waals surface area contributed by atoms with Gasteiger partial charge in [-0.3, -0.25) is 19.5 Å². The summed E-state index contributed by atoms with van der Waals surface area (Å²) in [5.41, 5.74) is 2.47. The van der Waals surface area contributed by atoms with Crippen molar-refractivity contribution in [2.24, 2.45) is 11.8 Å². The summed E-state index contributed by atoms with van der Waals surface area (Å²) in [5, 5.41) is 6.62. The number of amides is 2. The molecule has 200 valence electrons. The van der Waals surface area contributed by atoms with E-state index in [4.69, 9.17) is 0 Å². The van der Waals surface area contributed by atoms with E-state index in [1.807, 2.05) is 36.1 Å². The summed E-state index contributed by atoms with van der Waals surface area (Å²) in [5.74, 6) is -0.228. The van der Waals surface area contributed by atoms with Gasteiger partial charge in [-0.2, -0.15) is 0 Å². The van der Waals surface area contributed by atoms with Crippen LogP contribution in [0.4, 0.5) is 10.1 Å². The van der Waals surface area contributed by atoms with Gasteiger partial charge in [0.25, 0.3) is 0 Å². The van der Waals surface area contributed by atoms with E-state index in [1.54, 1.807) is 6.07 Å². The third kappa shape index (κ3) is 6.36. The fourth-order valence-corrected chi connectivity index (χ4v) is 5.68. The Morgan fingerprint density at radius 3 is 2.65 bits per heavy atom. The minimum Gasteiger partial charge on any atom is -0.347 e. The van der Waals surface area contributed by atoms with Crippen molar-refractivity contribution in [1.29, 1.82) is 0 Å². The SMILES string of the molecule is Cc1ccccc1N1CC(C)(C)N([C@H]2CNC[C@@H](C(=O)N[C@H](CC(C)C)c3ccc(F)cn3)C2)CC1=O. The number of pyridine rings is 1. The zero-order chi connectivity index (χ0) is 26.7. The van der Waals surface area contributed by atoms with Crippen LogP contribution in [0.3, 0.4) is 0 Å². The number of carbonyl (C=O) groups excluding carboxylic acids is 2. The fraction of sp³-hybridized carbons (Fsp3) is 0.552. The highest BCUT2D eigenvalue weighted by molar-refractivity contribution is 5.96. The highest BCUT2D eigenvalue weighted by Gasteiger charge is 2.44. The molecule has 1 aromatic carbocycles. The molecular weight excluding hydrogens is 469 g/mol. The minimum atomic E-state index is -0.391. The van der Waals surface area contributed by atoms with Crippen molar-refractivity contribution >= 4 is 17.5 Å². The molecule has 0 saturated carbocycles. The molecule has 2 aromatic rings. The average Bonchev–Trinajstić information content (AvgIpc) is 2.85. The molecular formula is C29H40FN5O2. The molecule has 3 heterocycles. The summed E-state index contributed by atoms with van der Waals surface area (Å²) in [7, 11) is 0. The number of piperazine rings is 1. The van der Waals surface area contributed by atoms with Gasteiger partial charge in [-0.15, -0.1) is 0 Å². The minimum absolute atomic E-state index is 0.0309. The van der Waals surface area contributed by atoms with Crippen LogP contribution in [0.5, 0.6) is 0 Å². The Morgan fingerprint density at radius 2 is 1.97 bits per heavy atom. The molecule has 2 aliphatic heterocycles. The molecule has 4 rings (SSSR count). The number of para-hydroxylation sites is 1. The van der Waals surface area contributed by atoms with Crippen LogP contribution in [0.1, 0.15) is 57.8 Å². The van der Waals surface area contributed by atoms with Crippen molar-refractivity contribution in [1.82, 2.24) is 20.5 Å². The molecule has 37 heavy (non-hydrogen) atoms. The number of rotatable bonds is 7. The second-order valence-electron chi connectivity index (χ2n) is 11.5. The average molecular weight is 510 g/mol. The molecule has 2 aliphatic rings. The van der Waals surface area contributed by atoms with Crippen LogP contribution in [-0.2, 0) is 9.59 Å². The summed E-state index contributed by atoms with van der Waals surface area (Å²) in [6, 6.07) is 10.8. The Kier molecular flexibility index (Phi) is 8.29. The number of aromatic nitrogens is 1. The first-order valence-electron chi connectivity index (χ1n) is 13.3. The quantitative estimate of drug-likeness (QED) is 0.593. The molecule has 0 radical (unpaired) electrons. The molecule has 0 bridgehead atoms. The zero-order valence-electron chi connectivity index (χ0n) is 22.6. The molecule has 2 fully saturated rings. The third-order valence-electron chi connectivity index (χ3n) is 7.61. The van der Waals surface area contributed by atoms with E-state index in [0.717, 1.165) is 24.2 Å². The summed E-state index contributed by atoms with van der Waals surface area (Å²) in [6.45, 7) is 12.8. The molecule has 2 saturated heterocycles. The van der Waals surface area contributed by atoms with E-state index in [2.05, 4.69) is 48.2 Å². The van der Waals surface area contributed by atoms with Gasteiger partial charge in [0.1, 0.15) is 5.82 Å². The first-order valence-corrected chi connectivity index (χ1v) is 13.3. The number of halogens is 1. The van der Waals surface area contributed by atoms with E-state index in [0.29, 0.717) is 37.7 Å². The van der Waals surface area contributed by atoms with Gasteiger partial charge in [-0.05, 0) is 63.3 Å². The first kappa shape index (κ1) is 27.2. The van der Waals surface area contributed by atoms with E-state index < -0.39 is 5.82 Å². The molecule has 2 amide bonds. The van der Waals surface area contributed by atoms with Crippen molar-refractivity contribution in [3.63, 3.8) is 0 Å². The second-order valence-corrected chi connectivity index (χ2v) is 11.5. The van der Waals surface area contributed by atoms with Gasteiger partial charge >= 0.3 is 0 Å². The Hall–Kier alpha value is -2.84. The van der Waals surface area contributed by atoms with Gasteiger partial charge in [0.05, 0.1) is 30.4 Å². The van der Waals surface area contributed by atoms with E-state index in [9.17, 15) is 14.0 Å². The lowest BCUT2D eigenvalue weighted by molar-refractivity contribution is -0.129. The number of nitrogens with one attached hydrogen (secondary N) is 2. The van der Waals surface area contributed by atoms with Gasteiger partial charge in [-0.1, -0.05) is 32.0 Å². The van der Waals surface area contributed by atoms with Crippen LogP contribution >= 0.6 is 0 Å². The molecule has 0 aliphatic carbocycles. The lowest BCUT2D eigenvalue weighted by atomic mass is 9.88. The molecule has 1 aromatic heterocycles. The number of carbonyl (C=O) groups is 2. The number of piperidine rings is 1. The molecule has 7 nitrogen and oxygen atoms in total. The molecule has 8 heteroatoms. The van der Waals surface area contributed by atoms with Gasteiger partial charge in [-0.25, -0.2) is 4.39 Å². The predicted octanol–water partition coefficient (Wildman–Crippen LogP) is 3.84. The monoisotopic (exact) mass is 509 g/mol. The van der Waals surface area contributed by atoms with E-state index in [-0.39, 0.29) is 35.4 Å². The Bertz CT molecular complexity index is 1100. The summed E-state index contributed by atoms with van der Waals surface area (Å²) >= 11 is 0. The van der Waals surface area contributed by atoms with Crippen LogP contribution < -0.4 is 15.5 Å². The Balaban J connectivity index is 1.45. The van der Waals surface area contributed by atoms with Crippen LogP contribution in [0.25, 0.3) is 0 Å². The number of hydrogen-bond acceptors (Lipinski definition) is 5. The van der Waals surface area contributed by atoms with Crippen LogP contribution in [0.15, 0.2) is 42.6 Å². The van der Waals surface area contributed by atoms with Crippen LogP contribution in [-0.4, -0.2) is 59.5 Å². The normalized spacial score (nSPS) is 23.2. The molecule has 3 atom stereocenters. The van der Waals surface area contributed by atoms with Crippen LogP contribution in [0, 0.1) is 24.6 Å². The second kappa shape index (κ2) is 11.3. The summed E-state index contributed by atoms with van der Waals surface area (Å²) in [6.07, 6.45) is 2.59. The van der Waals surface area contributed by atoms with Crippen molar-refractivity contribution in [3.05, 3.63) is 59.7 Å². The van der Waals surface area contributed by atoms with Crippen molar-refractivity contribution in [2.75, 3.05) is 31.1 Å². The number of benzene rings is 1. The Labute approximate surface area is 219 Å². The van der Waals surface area contributed by atoms with Gasteiger partial charge in [0, 0.05) is 36.9 Å². The van der Waals surface area contributed by atoms with Gasteiger partial charge in [0.15, 0.2) is 0 Å². The highest BCUT2D eigenvalue weighted by Crippen LogP contribution is 2.32. The maximum atomic E-state index is 13.4. The lowest BCUT2D eigenvalue weighted by Gasteiger charge is -2.51. The van der Waals surface area contributed by atoms with E-state index >= 15 is 0 Å². The maximum absolute atomic E-state index is 13.4. The van der Waals surface area contributed by atoms with Gasteiger partial charge in [0.2, 0.25) is 11.8 Å². The Morgan fingerprint density at radius 1 is 1.22 bits per heavy atom. The number of hydrogen-bond donors (Lipinski definition) is 2. The van der Waals surface area contributed by atoms with Crippen molar-refractivity contribution < 1.29 is 14.0 Å². The maximum Gasteiger partial charge on any atom is 0.241 e. The summed E-state index contributed by atoms with van der Waals surface area (Å²) < 4.78 is 13.4. The molecule has 2 N–H and O–H groups in total. The van der Waals surface area contributed by atoms with Gasteiger partial charge < -0.3 is 15.5 Å². The fourth-order valence-electron chi connectivity index (χ4n) is 5.68. The number of nitrogens with zero attached hydrogens (tertiary/aromatic N) is 3. The smallest absolute Gasteiger partial charge is 0.241 e. The van der Waals surface area contributed by atoms with Crippen molar-refractivity contribution in [2.45, 2.75) is 65.1 Å². The van der Waals surface area contributed by atoms with E-state index in [1.165, 1.54) is 12.3 Å². The number of anilines is 1. The zero-order valence-corrected chi connectivity index (χ0v) is 22.6. The predicted molar refractivity (Wildman–Crippen MR) is 144 cm³/mol. The number of aryl methyl sites for hydroxylation is 1. The largest absolute Gasteiger partial charge is 0.347 e. The first-order chi connectivity index (χ1) is 17.5. The van der Waals surface area contributed by atoms with Crippen molar-refractivity contribution in [3.8, 4) is 0 Å². The topological polar surface area (TPSA) is 77.6 Å². The highest BCUT2D eigenvalue weighted by atomic mass is 19.1. The molecule has 0 unspecified atom stereocenters. The standard InChI is InChI=1S/C29H40FN5O2/c1-19(2)12-25(24-11-10-22(30)15-32-24)33-28(37)21-13-23(16-31-14-21)35-17-27(36)34(18-29(35,4)5)26-9-7-6-8-20(26)3/h6-11,15,19,21,23,25,31H,12-14,16-18H2,1-5H3,(H,33,37)/t21-,23+,25+/m0/s1.